The van der Waals surface area contributed by atoms with Gasteiger partial charge in [0.25, 0.3) is 0 Å². The Kier molecular flexibility index (Phi) is 6.61. The van der Waals surface area contributed by atoms with Gasteiger partial charge in [-0.2, -0.15) is 0 Å². The Bertz CT molecular complexity index is 235. The molecule has 3 atom stereocenters. The Hall–Kier alpha value is -0.120. The maximum atomic E-state index is 9.76. The van der Waals surface area contributed by atoms with Gasteiger partial charge in [-0.15, -0.1) is 0 Å². The van der Waals surface area contributed by atoms with Crippen molar-refractivity contribution in [1.29, 1.82) is 0 Å². The van der Waals surface area contributed by atoms with Crippen LogP contribution in [0.15, 0.2) is 0 Å². The second-order valence-corrected chi connectivity index (χ2v) is 5.96. The summed E-state index contributed by atoms with van der Waals surface area (Å²) in [5, 5.41) is 13.3. The lowest BCUT2D eigenvalue weighted by atomic mass is 9.85. The highest BCUT2D eigenvalue weighted by atomic mass is 16.3. The summed E-state index contributed by atoms with van der Waals surface area (Å²) in [5.74, 6) is 0.633. The molecule has 2 N–H and O–H groups in total. The Balaban J connectivity index is 2.49. The third-order valence-corrected chi connectivity index (χ3v) is 4.94. The lowest BCUT2D eigenvalue weighted by Crippen LogP contribution is -2.52. The van der Waals surface area contributed by atoms with E-state index in [0.717, 1.165) is 19.5 Å². The normalized spacial score (nSPS) is 30.0. The van der Waals surface area contributed by atoms with E-state index in [-0.39, 0.29) is 5.54 Å². The fourth-order valence-corrected chi connectivity index (χ4v) is 3.31. The second-order valence-electron chi connectivity index (χ2n) is 5.96. The van der Waals surface area contributed by atoms with Gasteiger partial charge in [-0.3, -0.25) is 0 Å². The van der Waals surface area contributed by atoms with E-state index in [2.05, 4.69) is 38.0 Å². The molecule has 1 saturated carbocycles. The molecule has 0 heterocycles. The molecule has 108 valence electrons. The van der Waals surface area contributed by atoms with Crippen molar-refractivity contribution in [2.45, 2.75) is 64.5 Å². The predicted molar refractivity (Wildman–Crippen MR) is 77.8 cm³/mol. The molecular weight excluding hydrogens is 224 g/mol. The van der Waals surface area contributed by atoms with Crippen LogP contribution in [0.3, 0.4) is 0 Å². The van der Waals surface area contributed by atoms with Crippen LogP contribution in [-0.4, -0.2) is 48.3 Å². The van der Waals surface area contributed by atoms with Crippen LogP contribution < -0.4 is 5.32 Å². The fourth-order valence-electron chi connectivity index (χ4n) is 3.31. The van der Waals surface area contributed by atoms with Crippen LogP contribution >= 0.6 is 0 Å². The summed E-state index contributed by atoms with van der Waals surface area (Å²) in [7, 11) is 2.22. The van der Waals surface area contributed by atoms with Crippen LogP contribution in [0.1, 0.15) is 52.9 Å². The van der Waals surface area contributed by atoms with E-state index < -0.39 is 0 Å². The Morgan fingerprint density at radius 3 is 2.72 bits per heavy atom. The molecule has 1 rings (SSSR count). The molecule has 3 heteroatoms. The summed E-state index contributed by atoms with van der Waals surface area (Å²) < 4.78 is 0. The highest BCUT2D eigenvalue weighted by Crippen LogP contribution is 2.37. The Morgan fingerprint density at radius 1 is 1.44 bits per heavy atom. The molecule has 0 aliphatic heterocycles. The van der Waals surface area contributed by atoms with Crippen molar-refractivity contribution in [2.75, 3.05) is 26.7 Å². The Morgan fingerprint density at radius 2 is 2.17 bits per heavy atom. The second kappa shape index (κ2) is 7.46. The highest BCUT2D eigenvalue weighted by Gasteiger charge is 2.41. The van der Waals surface area contributed by atoms with E-state index >= 15 is 0 Å². The average molecular weight is 256 g/mol. The van der Waals surface area contributed by atoms with E-state index in [4.69, 9.17) is 0 Å². The third kappa shape index (κ3) is 3.69. The number of nitrogens with zero attached hydrogens (tertiary/aromatic N) is 1. The zero-order valence-corrected chi connectivity index (χ0v) is 12.7. The lowest BCUT2D eigenvalue weighted by molar-refractivity contribution is 0.111. The predicted octanol–water partition coefficient (Wildman–Crippen LogP) is 2.25. The summed E-state index contributed by atoms with van der Waals surface area (Å²) in [6.45, 7) is 9.06. The van der Waals surface area contributed by atoms with Gasteiger partial charge in [0, 0.05) is 11.6 Å². The molecule has 0 bridgehead atoms. The maximum Gasteiger partial charge on any atom is 0.0616 e. The molecule has 18 heavy (non-hydrogen) atoms. The summed E-state index contributed by atoms with van der Waals surface area (Å²) in [4.78, 5) is 2.45. The van der Waals surface area contributed by atoms with Crippen LogP contribution in [0.4, 0.5) is 0 Å². The molecule has 3 unspecified atom stereocenters. The van der Waals surface area contributed by atoms with Crippen LogP contribution in [0.5, 0.6) is 0 Å². The SMILES string of the molecule is CCNC1(CO)CCCC1CCN(C)C(C)CC. The maximum absolute atomic E-state index is 9.76. The standard InChI is InChI=1S/C15H32N2O/c1-5-13(3)17(4)11-9-14-8-7-10-15(14,12-18)16-6-2/h13-14,16,18H,5-12H2,1-4H3. The molecule has 0 aromatic rings. The van der Waals surface area contributed by atoms with Gasteiger partial charge in [0.05, 0.1) is 6.61 Å². The topological polar surface area (TPSA) is 35.5 Å². The first-order valence-electron chi connectivity index (χ1n) is 7.65. The van der Waals surface area contributed by atoms with Gasteiger partial charge in [-0.25, -0.2) is 0 Å². The zero-order chi connectivity index (χ0) is 13.6. The molecule has 1 aliphatic rings. The molecule has 0 radical (unpaired) electrons. The average Bonchev–Trinajstić information content (AvgIpc) is 2.78. The van der Waals surface area contributed by atoms with Crippen molar-refractivity contribution in [3.63, 3.8) is 0 Å². The quantitative estimate of drug-likeness (QED) is 0.699. The number of aliphatic hydroxyl groups excluding tert-OH is 1. The van der Waals surface area contributed by atoms with Crippen molar-refractivity contribution in [2.24, 2.45) is 5.92 Å². The summed E-state index contributed by atoms with van der Waals surface area (Å²) in [5.41, 5.74) is 0.00500. The van der Waals surface area contributed by atoms with Crippen molar-refractivity contribution < 1.29 is 5.11 Å². The van der Waals surface area contributed by atoms with E-state index in [1.54, 1.807) is 0 Å². The van der Waals surface area contributed by atoms with Crippen molar-refractivity contribution in [3.05, 3.63) is 0 Å². The number of likely N-dealkylation sites (N-methyl/N-ethyl adjacent to an activating group) is 1. The first-order chi connectivity index (χ1) is 8.59. The number of hydrogen-bond acceptors (Lipinski definition) is 3. The molecule has 0 aromatic carbocycles. The van der Waals surface area contributed by atoms with Crippen LogP contribution in [0.2, 0.25) is 0 Å². The monoisotopic (exact) mass is 256 g/mol. The molecular formula is C15H32N2O. The summed E-state index contributed by atoms with van der Waals surface area (Å²) >= 11 is 0. The van der Waals surface area contributed by atoms with Crippen molar-refractivity contribution in [1.82, 2.24) is 10.2 Å². The lowest BCUT2D eigenvalue weighted by Gasteiger charge is -2.36. The Labute approximate surface area is 113 Å². The molecule has 1 aliphatic carbocycles. The minimum Gasteiger partial charge on any atom is -0.394 e. The number of hydrogen-bond donors (Lipinski definition) is 2. The molecule has 0 aromatic heterocycles. The van der Waals surface area contributed by atoms with E-state index in [9.17, 15) is 5.11 Å². The fraction of sp³-hybridized carbons (Fsp3) is 1.00. The molecule has 0 amide bonds. The largest absolute Gasteiger partial charge is 0.394 e. The van der Waals surface area contributed by atoms with Gasteiger partial charge in [0.15, 0.2) is 0 Å². The van der Waals surface area contributed by atoms with E-state index in [0.29, 0.717) is 18.6 Å². The molecule has 3 nitrogen and oxygen atoms in total. The summed E-state index contributed by atoms with van der Waals surface area (Å²) in [6.07, 6.45) is 6.07. The van der Waals surface area contributed by atoms with Gasteiger partial charge in [0.1, 0.15) is 0 Å². The first kappa shape index (κ1) is 15.9. The minimum atomic E-state index is 0.00500. The summed E-state index contributed by atoms with van der Waals surface area (Å²) in [6, 6.07) is 0.661. The third-order valence-electron chi connectivity index (χ3n) is 4.94. The molecule has 1 fully saturated rings. The molecule has 0 saturated heterocycles. The minimum absolute atomic E-state index is 0.00500. The highest BCUT2D eigenvalue weighted by molar-refractivity contribution is 4.98. The molecule has 0 spiro atoms. The van der Waals surface area contributed by atoms with Crippen molar-refractivity contribution >= 4 is 0 Å². The number of nitrogens with one attached hydrogen (secondary N) is 1. The zero-order valence-electron chi connectivity index (χ0n) is 12.7. The van der Waals surface area contributed by atoms with Gasteiger partial charge in [0.2, 0.25) is 0 Å². The van der Waals surface area contributed by atoms with Gasteiger partial charge in [-0.1, -0.05) is 20.3 Å². The van der Waals surface area contributed by atoms with Gasteiger partial charge < -0.3 is 15.3 Å². The van der Waals surface area contributed by atoms with Crippen molar-refractivity contribution in [3.8, 4) is 0 Å². The van der Waals surface area contributed by atoms with E-state index in [1.165, 1.54) is 25.7 Å². The van der Waals surface area contributed by atoms with E-state index in [1.807, 2.05) is 0 Å². The van der Waals surface area contributed by atoms with Crippen LogP contribution in [0.25, 0.3) is 0 Å². The number of rotatable bonds is 8. The number of aliphatic hydroxyl groups is 1. The first-order valence-corrected chi connectivity index (χ1v) is 7.65. The van der Waals surface area contributed by atoms with Crippen LogP contribution in [-0.2, 0) is 0 Å². The van der Waals surface area contributed by atoms with Gasteiger partial charge >= 0.3 is 0 Å². The van der Waals surface area contributed by atoms with Crippen LogP contribution in [0, 0.1) is 5.92 Å². The van der Waals surface area contributed by atoms with Gasteiger partial charge in [-0.05, 0) is 58.7 Å². The smallest absolute Gasteiger partial charge is 0.0616 e.